The average Bonchev–Trinajstić information content (AvgIpc) is 2.46. The van der Waals surface area contributed by atoms with E-state index in [1.165, 1.54) is 83.8 Å². The molecule has 3 fully saturated rings. The van der Waals surface area contributed by atoms with Gasteiger partial charge in [0, 0.05) is 12.6 Å². The molecule has 0 aromatic carbocycles. The highest BCUT2D eigenvalue weighted by Gasteiger charge is 2.38. The maximum atomic E-state index is 6.43. The molecule has 2 N–H and O–H groups in total. The molecule has 3 aliphatic rings. The summed E-state index contributed by atoms with van der Waals surface area (Å²) < 4.78 is 0. The van der Waals surface area contributed by atoms with Gasteiger partial charge < -0.3 is 10.6 Å². The molecule has 1 saturated heterocycles. The highest BCUT2D eigenvalue weighted by Crippen LogP contribution is 2.45. The van der Waals surface area contributed by atoms with Crippen molar-refractivity contribution in [1.29, 1.82) is 0 Å². The van der Waals surface area contributed by atoms with Gasteiger partial charge in [-0.05, 0) is 74.8 Å². The predicted octanol–water partition coefficient (Wildman–Crippen LogP) is 4.19. The Bertz CT molecular complexity index is 333. The second-order valence-corrected chi connectivity index (χ2v) is 9.19. The average molecular weight is 293 g/mol. The van der Waals surface area contributed by atoms with Gasteiger partial charge in [-0.1, -0.05) is 33.1 Å². The summed E-state index contributed by atoms with van der Waals surface area (Å²) >= 11 is 0. The van der Waals surface area contributed by atoms with Crippen molar-refractivity contribution < 1.29 is 0 Å². The zero-order valence-corrected chi connectivity index (χ0v) is 14.4. The summed E-state index contributed by atoms with van der Waals surface area (Å²) in [5, 5.41) is 0. The number of likely N-dealkylation sites (tertiary alicyclic amines) is 1. The number of rotatable bonds is 2. The summed E-state index contributed by atoms with van der Waals surface area (Å²) in [6.07, 6.45) is 14.3. The van der Waals surface area contributed by atoms with Gasteiger partial charge >= 0.3 is 0 Å². The van der Waals surface area contributed by atoms with E-state index >= 15 is 0 Å². The lowest BCUT2D eigenvalue weighted by molar-refractivity contribution is 0.0431. The smallest absolute Gasteiger partial charge is 0.00797 e. The molecule has 122 valence electrons. The Kier molecular flexibility index (Phi) is 4.66. The molecule has 2 unspecified atom stereocenters. The second kappa shape index (κ2) is 6.20. The summed E-state index contributed by atoms with van der Waals surface area (Å²) in [6.45, 7) is 8.80. The van der Waals surface area contributed by atoms with Crippen LogP contribution in [0.5, 0.6) is 0 Å². The normalized spacial score (nSPS) is 36.7. The summed E-state index contributed by atoms with van der Waals surface area (Å²) in [4.78, 5) is 2.74. The zero-order valence-electron chi connectivity index (χ0n) is 14.4. The molecule has 21 heavy (non-hydrogen) atoms. The van der Waals surface area contributed by atoms with Gasteiger partial charge in [0.15, 0.2) is 0 Å². The molecule has 2 saturated carbocycles. The molecule has 1 spiro atoms. The number of piperidine rings is 1. The number of hydrogen-bond acceptors (Lipinski definition) is 2. The predicted molar refractivity (Wildman–Crippen MR) is 90.3 cm³/mol. The maximum Gasteiger partial charge on any atom is 0.00797 e. The molecule has 0 radical (unpaired) electrons. The minimum atomic E-state index is 0.448. The van der Waals surface area contributed by atoms with Gasteiger partial charge in [0.1, 0.15) is 0 Å². The van der Waals surface area contributed by atoms with E-state index in [-0.39, 0.29) is 0 Å². The van der Waals surface area contributed by atoms with E-state index in [1.807, 2.05) is 0 Å². The molecule has 2 aliphatic carbocycles. The first kappa shape index (κ1) is 15.8. The van der Waals surface area contributed by atoms with E-state index in [4.69, 9.17) is 5.73 Å². The first-order chi connectivity index (χ1) is 9.98. The van der Waals surface area contributed by atoms with Crippen LogP contribution in [0, 0.1) is 16.7 Å². The minimum Gasteiger partial charge on any atom is -0.327 e. The largest absolute Gasteiger partial charge is 0.327 e. The number of hydrogen-bond donors (Lipinski definition) is 1. The van der Waals surface area contributed by atoms with Gasteiger partial charge in [-0.2, -0.15) is 0 Å². The van der Waals surface area contributed by atoms with E-state index in [0.717, 1.165) is 11.3 Å². The zero-order chi connectivity index (χ0) is 14.9. The van der Waals surface area contributed by atoms with Crippen LogP contribution >= 0.6 is 0 Å². The van der Waals surface area contributed by atoms with Gasteiger partial charge in [0.2, 0.25) is 0 Å². The molecule has 2 atom stereocenters. The van der Waals surface area contributed by atoms with Crippen molar-refractivity contribution >= 4 is 0 Å². The Morgan fingerprint density at radius 2 is 1.62 bits per heavy atom. The number of nitrogens with zero attached hydrogens (tertiary/aromatic N) is 1. The molecule has 1 aliphatic heterocycles. The van der Waals surface area contributed by atoms with Gasteiger partial charge in [0.05, 0.1) is 0 Å². The molecule has 0 aromatic heterocycles. The van der Waals surface area contributed by atoms with Crippen LogP contribution in [0.4, 0.5) is 0 Å². The maximum absolute atomic E-state index is 6.43. The molecule has 0 amide bonds. The van der Waals surface area contributed by atoms with Crippen molar-refractivity contribution in [1.82, 2.24) is 4.90 Å². The van der Waals surface area contributed by atoms with Crippen LogP contribution in [0.15, 0.2) is 0 Å². The lowest BCUT2D eigenvalue weighted by Crippen LogP contribution is -2.48. The van der Waals surface area contributed by atoms with Crippen molar-refractivity contribution in [3.63, 3.8) is 0 Å². The first-order valence-electron chi connectivity index (χ1n) is 9.46. The van der Waals surface area contributed by atoms with Gasteiger partial charge in [-0.25, -0.2) is 0 Å². The Morgan fingerprint density at radius 1 is 0.952 bits per heavy atom. The van der Waals surface area contributed by atoms with Crippen LogP contribution in [0.1, 0.15) is 78.1 Å². The number of nitrogens with two attached hydrogens (primary N) is 1. The molecule has 1 heterocycles. The van der Waals surface area contributed by atoms with Crippen LogP contribution in [-0.2, 0) is 0 Å². The van der Waals surface area contributed by atoms with Crippen LogP contribution in [0.2, 0.25) is 0 Å². The van der Waals surface area contributed by atoms with Crippen LogP contribution in [-0.4, -0.2) is 30.6 Å². The van der Waals surface area contributed by atoms with E-state index < -0.39 is 0 Å². The topological polar surface area (TPSA) is 29.3 Å². The second-order valence-electron chi connectivity index (χ2n) is 9.19. The van der Waals surface area contributed by atoms with Gasteiger partial charge in [-0.15, -0.1) is 0 Å². The van der Waals surface area contributed by atoms with E-state index in [1.54, 1.807) is 0 Å². The lowest BCUT2D eigenvalue weighted by atomic mass is 9.67. The van der Waals surface area contributed by atoms with Crippen molar-refractivity contribution in [2.45, 2.75) is 84.1 Å². The standard InChI is InChI=1S/C19H36N2/c1-18(2)9-6-17(20)16(14-18)15-21-12-10-19(11-13-21)7-4-3-5-8-19/h16-17H,3-15,20H2,1-2H3. The Balaban J connectivity index is 1.50. The fourth-order valence-electron chi connectivity index (χ4n) is 5.30. The Hall–Kier alpha value is -0.0800. The van der Waals surface area contributed by atoms with E-state index in [9.17, 15) is 0 Å². The summed E-state index contributed by atoms with van der Waals surface area (Å²) in [6, 6.07) is 0.448. The van der Waals surface area contributed by atoms with Crippen LogP contribution < -0.4 is 5.73 Å². The van der Waals surface area contributed by atoms with Crippen LogP contribution in [0.3, 0.4) is 0 Å². The molecule has 0 aromatic rings. The molecular weight excluding hydrogens is 256 g/mol. The van der Waals surface area contributed by atoms with Crippen molar-refractivity contribution in [3.05, 3.63) is 0 Å². The third-order valence-corrected chi connectivity index (χ3v) is 6.90. The summed E-state index contributed by atoms with van der Waals surface area (Å²) in [7, 11) is 0. The lowest BCUT2D eigenvalue weighted by Gasteiger charge is -2.47. The monoisotopic (exact) mass is 292 g/mol. The molecule has 3 rings (SSSR count). The third-order valence-electron chi connectivity index (χ3n) is 6.90. The fourth-order valence-corrected chi connectivity index (χ4v) is 5.30. The first-order valence-corrected chi connectivity index (χ1v) is 9.46. The SMILES string of the molecule is CC1(C)CCC(N)C(CN2CCC3(CCCCC3)CC2)C1. The van der Waals surface area contributed by atoms with Crippen molar-refractivity contribution in [3.8, 4) is 0 Å². The quantitative estimate of drug-likeness (QED) is 0.827. The molecular formula is C19H36N2. The van der Waals surface area contributed by atoms with Crippen LogP contribution in [0.25, 0.3) is 0 Å². The highest BCUT2D eigenvalue weighted by atomic mass is 15.1. The molecule has 0 bridgehead atoms. The third kappa shape index (κ3) is 3.82. The Morgan fingerprint density at radius 3 is 2.29 bits per heavy atom. The highest BCUT2D eigenvalue weighted by molar-refractivity contribution is 4.92. The Labute approximate surface area is 131 Å². The summed E-state index contributed by atoms with van der Waals surface area (Å²) in [5.41, 5.74) is 7.68. The summed E-state index contributed by atoms with van der Waals surface area (Å²) in [5.74, 6) is 0.731. The van der Waals surface area contributed by atoms with Crippen molar-refractivity contribution in [2.24, 2.45) is 22.5 Å². The van der Waals surface area contributed by atoms with Gasteiger partial charge in [-0.3, -0.25) is 0 Å². The van der Waals surface area contributed by atoms with E-state index in [0.29, 0.717) is 11.5 Å². The van der Waals surface area contributed by atoms with Gasteiger partial charge in [0.25, 0.3) is 0 Å². The fraction of sp³-hybridized carbons (Fsp3) is 1.00. The minimum absolute atomic E-state index is 0.448. The molecule has 2 nitrogen and oxygen atoms in total. The van der Waals surface area contributed by atoms with Crippen molar-refractivity contribution in [2.75, 3.05) is 19.6 Å². The molecule has 2 heteroatoms. The van der Waals surface area contributed by atoms with E-state index in [2.05, 4.69) is 18.7 Å².